The number of benzene rings is 4. The first-order chi connectivity index (χ1) is 18.8. The summed E-state index contributed by atoms with van der Waals surface area (Å²) in [5, 5.41) is 4.84. The van der Waals surface area contributed by atoms with Crippen LogP contribution in [0.15, 0.2) is 60.8 Å². The van der Waals surface area contributed by atoms with E-state index in [0.29, 0.717) is 11.5 Å². The molecule has 0 atom stereocenters. The molecule has 2 aliphatic rings. The zero-order valence-electron chi connectivity index (χ0n) is 20.7. The molecule has 0 amide bonds. The van der Waals surface area contributed by atoms with Crippen LogP contribution < -0.4 is 23.5 Å². The van der Waals surface area contributed by atoms with Crippen LogP contribution in [0.3, 0.4) is 0 Å². The Hall–Kier alpha value is -4.53. The van der Waals surface area contributed by atoms with Crippen molar-refractivity contribution in [3.8, 4) is 23.0 Å². The van der Waals surface area contributed by atoms with E-state index in [1.807, 2.05) is 18.3 Å². The number of carbonyl (C=O) groups excluding carboxylic acids is 1. The molecule has 0 unspecified atom stereocenters. The SMILES string of the molecule is COc1ccc2c(c[n+]3c4c2ccc2c5c(cc(c24)CC3)OCO5)c1OCC(=O)c1ccc(C(F)(F)F)cc1. The monoisotopic (exact) mass is 532 g/mol. The molecule has 0 saturated heterocycles. The van der Waals surface area contributed by atoms with Crippen molar-refractivity contribution in [2.24, 2.45) is 0 Å². The zero-order valence-corrected chi connectivity index (χ0v) is 20.7. The van der Waals surface area contributed by atoms with Crippen LogP contribution in [0.4, 0.5) is 13.2 Å². The number of ether oxygens (including phenoxy) is 4. The number of methoxy groups -OCH3 is 1. The standard InChI is InChI=1S/C30H21F3NO5/c1-36-24-9-8-19-20-6-7-21-26-17(12-25-28(21)39-15-38-25)10-11-34(27(20)26)13-22(19)29(24)37-14-23(35)16-2-4-18(5-3-16)30(31,32)33/h2-9,12-13H,10-11,14-15H2,1H3/q+1. The molecule has 6 nitrogen and oxygen atoms in total. The van der Waals surface area contributed by atoms with Crippen molar-refractivity contribution in [3.05, 3.63) is 77.5 Å². The summed E-state index contributed by atoms with van der Waals surface area (Å²) >= 11 is 0. The number of alkyl halides is 3. The minimum atomic E-state index is -4.47. The maximum absolute atomic E-state index is 12.9. The molecule has 5 aromatic rings. The minimum absolute atomic E-state index is 0.134. The second-order valence-electron chi connectivity index (χ2n) is 9.57. The van der Waals surface area contributed by atoms with Gasteiger partial charge in [0.15, 0.2) is 48.1 Å². The van der Waals surface area contributed by atoms with E-state index in [1.54, 1.807) is 6.07 Å². The molecule has 2 aliphatic heterocycles. The predicted molar refractivity (Wildman–Crippen MR) is 137 cm³/mol. The number of halogens is 3. The molecular weight excluding hydrogens is 511 g/mol. The summed E-state index contributed by atoms with van der Waals surface area (Å²) in [5.74, 6) is 1.94. The Morgan fingerprint density at radius 2 is 1.74 bits per heavy atom. The first kappa shape index (κ1) is 23.6. The van der Waals surface area contributed by atoms with E-state index in [0.717, 1.165) is 81.2 Å². The fraction of sp³-hybridized carbons (Fsp3) is 0.200. The summed E-state index contributed by atoms with van der Waals surface area (Å²) in [6.45, 7) is 0.582. The Bertz CT molecular complexity index is 1830. The van der Waals surface area contributed by atoms with Gasteiger partial charge in [0.25, 0.3) is 0 Å². The van der Waals surface area contributed by atoms with Crippen LogP contribution in [0.2, 0.25) is 0 Å². The van der Waals surface area contributed by atoms with Crippen molar-refractivity contribution < 1.29 is 41.5 Å². The minimum Gasteiger partial charge on any atom is -0.493 e. The highest BCUT2D eigenvalue weighted by Crippen LogP contribution is 2.46. The second kappa shape index (κ2) is 8.49. The summed E-state index contributed by atoms with van der Waals surface area (Å²) in [7, 11) is 1.52. The molecule has 9 heteroatoms. The summed E-state index contributed by atoms with van der Waals surface area (Å²) in [6, 6.07) is 14.0. The highest BCUT2D eigenvalue weighted by molar-refractivity contribution is 6.17. The van der Waals surface area contributed by atoms with Crippen LogP contribution in [-0.4, -0.2) is 26.3 Å². The summed E-state index contributed by atoms with van der Waals surface area (Å²) < 4.78 is 63.9. The number of aromatic nitrogens is 1. The van der Waals surface area contributed by atoms with E-state index >= 15 is 0 Å². The summed E-state index contributed by atoms with van der Waals surface area (Å²) in [6.07, 6.45) is -1.66. The van der Waals surface area contributed by atoms with E-state index < -0.39 is 17.5 Å². The molecule has 7 rings (SSSR count). The number of rotatable bonds is 5. The van der Waals surface area contributed by atoms with Crippen molar-refractivity contribution in [1.29, 1.82) is 0 Å². The molecule has 0 fully saturated rings. The lowest BCUT2D eigenvalue weighted by Gasteiger charge is -2.18. The lowest BCUT2D eigenvalue weighted by Crippen LogP contribution is -2.38. The number of fused-ring (bicyclic) bond motifs is 4. The second-order valence-corrected chi connectivity index (χ2v) is 9.57. The van der Waals surface area contributed by atoms with E-state index in [1.165, 1.54) is 12.7 Å². The van der Waals surface area contributed by atoms with Gasteiger partial charge >= 0.3 is 6.18 Å². The van der Waals surface area contributed by atoms with Gasteiger partial charge < -0.3 is 18.9 Å². The Morgan fingerprint density at radius 3 is 2.51 bits per heavy atom. The lowest BCUT2D eigenvalue weighted by atomic mass is 9.93. The number of hydrogen-bond donors (Lipinski definition) is 0. The Morgan fingerprint density at radius 1 is 0.974 bits per heavy atom. The van der Waals surface area contributed by atoms with Crippen molar-refractivity contribution in [2.45, 2.75) is 19.1 Å². The highest BCUT2D eigenvalue weighted by atomic mass is 19.4. The van der Waals surface area contributed by atoms with Crippen molar-refractivity contribution in [2.75, 3.05) is 20.5 Å². The number of hydrogen-bond acceptors (Lipinski definition) is 5. The van der Waals surface area contributed by atoms with Gasteiger partial charge in [0, 0.05) is 22.8 Å². The van der Waals surface area contributed by atoms with Gasteiger partial charge in [-0.15, -0.1) is 0 Å². The van der Waals surface area contributed by atoms with Crippen LogP contribution in [0.25, 0.3) is 32.4 Å². The van der Waals surface area contributed by atoms with Gasteiger partial charge in [-0.05, 0) is 48.0 Å². The van der Waals surface area contributed by atoms with Crippen molar-refractivity contribution in [1.82, 2.24) is 0 Å². The number of Topliss-reactive ketones (excluding diaryl/α,β-unsaturated/α-hetero) is 1. The number of pyridine rings is 1. The highest BCUT2D eigenvalue weighted by Gasteiger charge is 2.31. The van der Waals surface area contributed by atoms with Gasteiger partial charge in [-0.2, -0.15) is 17.7 Å². The molecule has 0 bridgehead atoms. The van der Waals surface area contributed by atoms with E-state index in [2.05, 4.69) is 16.7 Å². The molecule has 0 aliphatic carbocycles. The first-order valence-electron chi connectivity index (χ1n) is 12.4. The summed E-state index contributed by atoms with van der Waals surface area (Å²) in [5.41, 5.74) is 1.60. The Balaban J connectivity index is 1.32. The number of carbonyl (C=O) groups is 1. The van der Waals surface area contributed by atoms with E-state index in [9.17, 15) is 18.0 Å². The molecule has 0 N–H and O–H groups in total. The molecule has 4 aromatic carbocycles. The number of aryl methyl sites for hydroxylation is 2. The average Bonchev–Trinajstić information content (AvgIpc) is 3.42. The Labute approximate surface area is 220 Å². The molecule has 39 heavy (non-hydrogen) atoms. The smallest absolute Gasteiger partial charge is 0.416 e. The normalized spacial score (nSPS) is 13.9. The number of nitrogens with zero attached hydrogens (tertiary/aromatic N) is 1. The fourth-order valence-electron chi connectivity index (χ4n) is 5.61. The van der Waals surface area contributed by atoms with Gasteiger partial charge in [0.05, 0.1) is 28.8 Å². The maximum atomic E-state index is 12.9. The molecule has 0 radical (unpaired) electrons. The molecule has 0 saturated carbocycles. The van der Waals surface area contributed by atoms with Crippen LogP contribution in [0.1, 0.15) is 21.5 Å². The largest absolute Gasteiger partial charge is 0.493 e. The van der Waals surface area contributed by atoms with Crippen LogP contribution in [0, 0.1) is 0 Å². The fourth-order valence-corrected chi connectivity index (χ4v) is 5.61. The third-order valence-electron chi connectivity index (χ3n) is 7.44. The number of ketones is 1. The van der Waals surface area contributed by atoms with Gasteiger partial charge in [-0.3, -0.25) is 4.79 Å². The van der Waals surface area contributed by atoms with Crippen LogP contribution >= 0.6 is 0 Å². The molecule has 1 aromatic heterocycles. The maximum Gasteiger partial charge on any atom is 0.416 e. The lowest BCUT2D eigenvalue weighted by molar-refractivity contribution is -0.670. The first-order valence-corrected chi connectivity index (χ1v) is 12.4. The molecule has 0 spiro atoms. The quantitative estimate of drug-likeness (QED) is 0.158. The van der Waals surface area contributed by atoms with Crippen molar-refractivity contribution in [3.63, 3.8) is 0 Å². The third-order valence-corrected chi connectivity index (χ3v) is 7.44. The molecule has 196 valence electrons. The topological polar surface area (TPSA) is 57.9 Å². The van der Waals surface area contributed by atoms with Gasteiger partial charge in [-0.25, -0.2) is 0 Å². The zero-order chi connectivity index (χ0) is 26.9. The van der Waals surface area contributed by atoms with Gasteiger partial charge in [-0.1, -0.05) is 12.1 Å². The molecular formula is C30H21F3NO5+. The summed E-state index contributed by atoms with van der Waals surface area (Å²) in [4.78, 5) is 12.8. The third kappa shape index (κ3) is 3.64. The van der Waals surface area contributed by atoms with E-state index in [-0.39, 0.29) is 19.0 Å². The van der Waals surface area contributed by atoms with Crippen LogP contribution in [-0.2, 0) is 19.1 Å². The Kier molecular flexibility index (Phi) is 5.13. The molecule has 3 heterocycles. The average molecular weight is 532 g/mol. The predicted octanol–water partition coefficient (Wildman–Crippen LogP) is 6.01. The van der Waals surface area contributed by atoms with Gasteiger partial charge in [0.1, 0.15) is 0 Å². The van der Waals surface area contributed by atoms with Crippen molar-refractivity contribution >= 4 is 38.2 Å². The van der Waals surface area contributed by atoms with Crippen LogP contribution in [0.5, 0.6) is 23.0 Å². The van der Waals surface area contributed by atoms with Gasteiger partial charge in [0.2, 0.25) is 12.3 Å². The van der Waals surface area contributed by atoms with E-state index in [4.69, 9.17) is 18.9 Å².